The van der Waals surface area contributed by atoms with Crippen molar-refractivity contribution in [1.29, 1.82) is 0 Å². The molecule has 0 N–H and O–H groups in total. The summed E-state index contributed by atoms with van der Waals surface area (Å²) in [5.41, 5.74) is 0.472. The van der Waals surface area contributed by atoms with E-state index in [4.69, 9.17) is 27.9 Å². The van der Waals surface area contributed by atoms with Crippen molar-refractivity contribution in [2.24, 2.45) is 5.92 Å². The molecular weight excluding hydrogens is 341 g/mol. The summed E-state index contributed by atoms with van der Waals surface area (Å²) in [6.07, 6.45) is 1.01. The lowest BCUT2D eigenvalue weighted by atomic mass is 10.1. The summed E-state index contributed by atoms with van der Waals surface area (Å²) in [6.45, 7) is 6.03. The Morgan fingerprint density at radius 1 is 1.26 bits per heavy atom. The molecule has 0 saturated carbocycles. The summed E-state index contributed by atoms with van der Waals surface area (Å²) in [4.78, 5) is 15.3. The van der Waals surface area contributed by atoms with E-state index in [0.717, 1.165) is 52.4 Å². The van der Waals surface area contributed by atoms with Crippen molar-refractivity contribution in [3.05, 3.63) is 32.3 Å². The number of anilines is 1. The second-order valence-electron chi connectivity index (χ2n) is 6.03. The number of ether oxygens (including phenoxy) is 1. The van der Waals surface area contributed by atoms with E-state index in [1.807, 2.05) is 4.90 Å². The van der Waals surface area contributed by atoms with Crippen LogP contribution in [-0.2, 0) is 4.74 Å². The molecule has 0 spiro atoms. The normalized spacial score (nSPS) is 22.5. The fourth-order valence-corrected chi connectivity index (χ4v) is 3.94. The molecule has 126 valence electrons. The van der Waals surface area contributed by atoms with Gasteiger partial charge in [0, 0.05) is 43.8 Å². The molecule has 1 aromatic carbocycles. The van der Waals surface area contributed by atoms with Gasteiger partial charge in [-0.2, -0.15) is 0 Å². The Morgan fingerprint density at radius 3 is 2.70 bits per heavy atom. The number of nitro benzene ring substituents is 1. The smallest absolute Gasteiger partial charge is 0.295 e. The van der Waals surface area contributed by atoms with Crippen LogP contribution in [0, 0.1) is 16.0 Å². The average Bonchev–Trinajstić information content (AvgIpc) is 2.95. The average molecular weight is 360 g/mol. The molecule has 2 saturated heterocycles. The lowest BCUT2D eigenvalue weighted by molar-refractivity contribution is -0.384. The minimum Gasteiger partial charge on any atom is -0.379 e. The van der Waals surface area contributed by atoms with E-state index in [0.29, 0.717) is 16.6 Å². The molecule has 0 unspecified atom stereocenters. The SMILES string of the molecule is O=[N+]([O-])c1cc(Cl)cc(Cl)c1N1CC[C@@H](CN2CCOCC2)C1. The zero-order chi connectivity index (χ0) is 16.4. The van der Waals surface area contributed by atoms with Gasteiger partial charge >= 0.3 is 0 Å². The largest absolute Gasteiger partial charge is 0.379 e. The fraction of sp³-hybridized carbons (Fsp3) is 0.600. The first-order chi connectivity index (χ1) is 11.0. The third-order valence-corrected chi connectivity index (χ3v) is 4.93. The van der Waals surface area contributed by atoms with Crippen LogP contribution in [0.5, 0.6) is 0 Å². The zero-order valence-corrected chi connectivity index (χ0v) is 14.2. The highest BCUT2D eigenvalue weighted by Crippen LogP contribution is 2.40. The molecule has 0 aliphatic carbocycles. The number of morpholine rings is 1. The minimum atomic E-state index is -0.414. The van der Waals surface area contributed by atoms with Crippen LogP contribution in [-0.4, -0.2) is 55.8 Å². The molecule has 2 fully saturated rings. The van der Waals surface area contributed by atoms with E-state index in [-0.39, 0.29) is 10.7 Å². The molecule has 23 heavy (non-hydrogen) atoms. The monoisotopic (exact) mass is 359 g/mol. The number of rotatable bonds is 4. The first-order valence-corrected chi connectivity index (χ1v) is 8.48. The van der Waals surface area contributed by atoms with Crippen LogP contribution in [0.3, 0.4) is 0 Å². The molecule has 0 amide bonds. The van der Waals surface area contributed by atoms with Crippen LogP contribution in [0.15, 0.2) is 12.1 Å². The summed E-state index contributed by atoms with van der Waals surface area (Å²) in [5, 5.41) is 12.0. The number of benzene rings is 1. The van der Waals surface area contributed by atoms with E-state index >= 15 is 0 Å². The third kappa shape index (κ3) is 3.88. The van der Waals surface area contributed by atoms with Crippen LogP contribution < -0.4 is 4.90 Å². The number of hydrogen-bond donors (Lipinski definition) is 0. The van der Waals surface area contributed by atoms with Crippen LogP contribution in [0.25, 0.3) is 0 Å². The van der Waals surface area contributed by atoms with Gasteiger partial charge in [0.1, 0.15) is 5.69 Å². The lowest BCUT2D eigenvalue weighted by Crippen LogP contribution is -2.39. The van der Waals surface area contributed by atoms with Gasteiger partial charge in [0.25, 0.3) is 5.69 Å². The number of halogens is 2. The third-order valence-electron chi connectivity index (χ3n) is 4.43. The van der Waals surface area contributed by atoms with Gasteiger partial charge in [-0.15, -0.1) is 0 Å². The van der Waals surface area contributed by atoms with Crippen LogP contribution in [0.1, 0.15) is 6.42 Å². The van der Waals surface area contributed by atoms with Crippen LogP contribution in [0.2, 0.25) is 10.0 Å². The molecule has 1 aromatic rings. The molecule has 6 nitrogen and oxygen atoms in total. The van der Waals surface area contributed by atoms with Crippen molar-refractivity contribution < 1.29 is 9.66 Å². The molecule has 2 aliphatic heterocycles. The Hall–Kier alpha value is -1.08. The predicted octanol–water partition coefficient (Wildman–Crippen LogP) is 3.06. The maximum atomic E-state index is 11.3. The highest BCUT2D eigenvalue weighted by atomic mass is 35.5. The van der Waals surface area contributed by atoms with Crippen molar-refractivity contribution in [3.8, 4) is 0 Å². The van der Waals surface area contributed by atoms with Gasteiger partial charge in [0.05, 0.1) is 23.2 Å². The molecule has 3 rings (SSSR count). The van der Waals surface area contributed by atoms with Gasteiger partial charge in [-0.05, 0) is 18.4 Å². The quantitative estimate of drug-likeness (QED) is 0.610. The van der Waals surface area contributed by atoms with Gasteiger partial charge in [0.15, 0.2) is 0 Å². The Balaban J connectivity index is 1.72. The highest BCUT2D eigenvalue weighted by Gasteiger charge is 2.31. The van der Waals surface area contributed by atoms with E-state index in [1.54, 1.807) is 6.07 Å². The standard InChI is InChI=1S/C15H19Cl2N3O3/c16-12-7-13(17)15(14(8-12)20(21)22)19-2-1-11(10-19)9-18-3-5-23-6-4-18/h7-8,11H,1-6,9-10H2/t11-/m0/s1. The topological polar surface area (TPSA) is 58.9 Å². The maximum absolute atomic E-state index is 11.3. The number of nitrogens with zero attached hydrogens (tertiary/aromatic N) is 3. The van der Waals surface area contributed by atoms with Crippen molar-refractivity contribution in [1.82, 2.24) is 4.90 Å². The lowest BCUT2D eigenvalue weighted by Gasteiger charge is -2.29. The van der Waals surface area contributed by atoms with Crippen molar-refractivity contribution in [3.63, 3.8) is 0 Å². The van der Waals surface area contributed by atoms with Crippen LogP contribution in [0.4, 0.5) is 11.4 Å². The second kappa shape index (κ2) is 7.21. The van der Waals surface area contributed by atoms with Crippen molar-refractivity contribution in [2.45, 2.75) is 6.42 Å². The molecule has 0 radical (unpaired) electrons. The minimum absolute atomic E-state index is 0.0190. The Labute approximate surface area is 145 Å². The summed E-state index contributed by atoms with van der Waals surface area (Å²) in [6, 6.07) is 2.94. The Bertz CT molecular complexity index is 594. The molecule has 8 heteroatoms. The van der Waals surface area contributed by atoms with E-state index in [2.05, 4.69) is 4.90 Å². The summed E-state index contributed by atoms with van der Waals surface area (Å²) < 4.78 is 5.37. The van der Waals surface area contributed by atoms with Gasteiger partial charge in [0.2, 0.25) is 0 Å². The van der Waals surface area contributed by atoms with Crippen molar-refractivity contribution >= 4 is 34.6 Å². The molecule has 1 atom stereocenters. The molecular formula is C15H19Cl2N3O3. The fourth-order valence-electron chi connectivity index (χ4n) is 3.34. The highest BCUT2D eigenvalue weighted by molar-refractivity contribution is 6.37. The number of nitro groups is 1. The zero-order valence-electron chi connectivity index (χ0n) is 12.7. The molecule has 0 aromatic heterocycles. The molecule has 2 aliphatic rings. The second-order valence-corrected chi connectivity index (χ2v) is 6.87. The number of hydrogen-bond acceptors (Lipinski definition) is 5. The van der Waals surface area contributed by atoms with Crippen LogP contribution >= 0.6 is 23.2 Å². The predicted molar refractivity (Wildman–Crippen MR) is 90.7 cm³/mol. The van der Waals surface area contributed by atoms with Gasteiger partial charge < -0.3 is 9.64 Å². The summed E-state index contributed by atoms with van der Waals surface area (Å²) >= 11 is 12.1. The molecule has 2 heterocycles. The van der Waals surface area contributed by atoms with E-state index in [1.165, 1.54) is 6.07 Å². The first kappa shape index (κ1) is 16.8. The van der Waals surface area contributed by atoms with Gasteiger partial charge in [-0.25, -0.2) is 0 Å². The van der Waals surface area contributed by atoms with Gasteiger partial charge in [-0.1, -0.05) is 23.2 Å². The van der Waals surface area contributed by atoms with E-state index < -0.39 is 4.92 Å². The summed E-state index contributed by atoms with van der Waals surface area (Å²) in [5.74, 6) is 0.486. The Morgan fingerprint density at radius 2 is 2.00 bits per heavy atom. The molecule has 0 bridgehead atoms. The van der Waals surface area contributed by atoms with Gasteiger partial charge in [-0.3, -0.25) is 15.0 Å². The van der Waals surface area contributed by atoms with E-state index in [9.17, 15) is 10.1 Å². The first-order valence-electron chi connectivity index (χ1n) is 7.73. The Kier molecular flexibility index (Phi) is 5.26. The van der Waals surface area contributed by atoms with Crippen molar-refractivity contribution in [2.75, 3.05) is 50.8 Å². The maximum Gasteiger partial charge on any atom is 0.295 e. The summed E-state index contributed by atoms with van der Waals surface area (Å²) in [7, 11) is 0.